The van der Waals surface area contributed by atoms with Crippen molar-refractivity contribution < 1.29 is 9.18 Å². The second-order valence-electron chi connectivity index (χ2n) is 7.08. The van der Waals surface area contributed by atoms with E-state index >= 15 is 0 Å². The van der Waals surface area contributed by atoms with Crippen molar-refractivity contribution in [1.82, 2.24) is 14.9 Å². The Labute approximate surface area is 167 Å². The molecule has 0 bridgehead atoms. The molecule has 1 amide bonds. The van der Waals surface area contributed by atoms with Gasteiger partial charge in [0.05, 0.1) is 10.3 Å². The van der Waals surface area contributed by atoms with Gasteiger partial charge >= 0.3 is 0 Å². The number of piperazine rings is 1. The van der Waals surface area contributed by atoms with Crippen LogP contribution in [0.4, 0.5) is 15.9 Å². The van der Waals surface area contributed by atoms with Gasteiger partial charge in [0.15, 0.2) is 0 Å². The van der Waals surface area contributed by atoms with E-state index in [1.165, 1.54) is 23.5 Å². The highest BCUT2D eigenvalue weighted by molar-refractivity contribution is 7.20. The van der Waals surface area contributed by atoms with Gasteiger partial charge in [0.2, 0.25) is 0 Å². The summed E-state index contributed by atoms with van der Waals surface area (Å²) in [4.78, 5) is 28.1. The first kappa shape index (κ1) is 18.8. The number of nitrogens with one attached hydrogen (secondary N) is 1. The molecule has 6 nitrogen and oxygen atoms in total. The van der Waals surface area contributed by atoms with Crippen LogP contribution in [0.1, 0.15) is 21.1 Å². The highest BCUT2D eigenvalue weighted by atomic mass is 32.1. The maximum absolute atomic E-state index is 13.1. The maximum atomic E-state index is 13.1. The maximum Gasteiger partial charge on any atom is 0.266 e. The largest absolute Gasteiger partial charge is 0.353 e. The van der Waals surface area contributed by atoms with Crippen LogP contribution >= 0.6 is 11.3 Å². The van der Waals surface area contributed by atoms with Crippen molar-refractivity contribution >= 4 is 39.0 Å². The van der Waals surface area contributed by atoms with Crippen LogP contribution < -0.4 is 10.2 Å². The van der Waals surface area contributed by atoms with Crippen molar-refractivity contribution in [3.63, 3.8) is 0 Å². The highest BCUT2D eigenvalue weighted by Gasteiger charge is 2.24. The smallest absolute Gasteiger partial charge is 0.266 e. The minimum absolute atomic E-state index is 0.214. The van der Waals surface area contributed by atoms with Crippen LogP contribution in [0.15, 0.2) is 24.3 Å². The predicted molar refractivity (Wildman–Crippen MR) is 111 cm³/mol. The number of hydrogen-bond donors (Lipinski definition) is 1. The van der Waals surface area contributed by atoms with Gasteiger partial charge in [0.25, 0.3) is 5.91 Å². The van der Waals surface area contributed by atoms with Crippen LogP contribution in [0, 0.1) is 19.7 Å². The summed E-state index contributed by atoms with van der Waals surface area (Å²) in [7, 11) is 2.12. The molecule has 3 aromatic rings. The highest BCUT2D eigenvalue weighted by Crippen LogP contribution is 2.36. The number of benzene rings is 1. The second-order valence-corrected chi connectivity index (χ2v) is 8.08. The molecule has 0 spiro atoms. The van der Waals surface area contributed by atoms with Crippen molar-refractivity contribution in [3.8, 4) is 0 Å². The minimum Gasteiger partial charge on any atom is -0.353 e. The van der Waals surface area contributed by atoms with Crippen LogP contribution in [-0.2, 0) is 0 Å². The molecule has 1 aliphatic heterocycles. The van der Waals surface area contributed by atoms with Crippen molar-refractivity contribution in [2.75, 3.05) is 43.4 Å². The Morgan fingerprint density at radius 2 is 1.79 bits per heavy atom. The molecule has 2 aromatic heterocycles. The summed E-state index contributed by atoms with van der Waals surface area (Å²) in [5.74, 6) is 1.06. The number of halogens is 1. The van der Waals surface area contributed by atoms with Crippen LogP contribution in [0.25, 0.3) is 10.2 Å². The van der Waals surface area contributed by atoms with E-state index < -0.39 is 0 Å². The molecule has 0 saturated carbocycles. The lowest BCUT2D eigenvalue weighted by atomic mass is 10.1. The van der Waals surface area contributed by atoms with E-state index in [1.54, 1.807) is 12.1 Å². The van der Waals surface area contributed by atoms with E-state index in [9.17, 15) is 9.18 Å². The van der Waals surface area contributed by atoms with Gasteiger partial charge in [-0.1, -0.05) is 0 Å². The molecule has 1 fully saturated rings. The van der Waals surface area contributed by atoms with Crippen molar-refractivity contribution in [2.24, 2.45) is 0 Å². The third kappa shape index (κ3) is 3.57. The fourth-order valence-corrected chi connectivity index (χ4v) is 4.52. The summed E-state index contributed by atoms with van der Waals surface area (Å²) in [6.07, 6.45) is 0. The van der Waals surface area contributed by atoms with Gasteiger partial charge in [-0.2, -0.15) is 0 Å². The molecule has 0 radical (unpaired) electrons. The first-order valence-electron chi connectivity index (χ1n) is 9.20. The first-order valence-corrected chi connectivity index (χ1v) is 10.0. The van der Waals surface area contributed by atoms with Gasteiger partial charge in [-0.15, -0.1) is 11.3 Å². The summed E-state index contributed by atoms with van der Waals surface area (Å²) < 4.78 is 13.1. The summed E-state index contributed by atoms with van der Waals surface area (Å²) >= 11 is 1.37. The molecule has 146 valence electrons. The van der Waals surface area contributed by atoms with Crippen LogP contribution in [0.2, 0.25) is 0 Å². The molecule has 0 unspecified atom stereocenters. The molecular formula is C20H22FN5OS. The number of aromatic nitrogens is 2. The summed E-state index contributed by atoms with van der Waals surface area (Å²) in [6, 6.07) is 5.76. The average Bonchev–Trinajstić information content (AvgIpc) is 3.00. The monoisotopic (exact) mass is 399 g/mol. The van der Waals surface area contributed by atoms with E-state index in [0.717, 1.165) is 47.8 Å². The number of carbonyl (C=O) groups excluding carboxylic acids is 1. The van der Waals surface area contributed by atoms with Gasteiger partial charge in [0, 0.05) is 31.9 Å². The molecule has 1 saturated heterocycles. The molecule has 8 heteroatoms. The molecule has 1 aromatic carbocycles. The molecule has 1 aliphatic rings. The van der Waals surface area contributed by atoms with E-state index in [1.807, 2.05) is 13.8 Å². The van der Waals surface area contributed by atoms with Gasteiger partial charge < -0.3 is 15.1 Å². The van der Waals surface area contributed by atoms with E-state index in [2.05, 4.69) is 27.1 Å². The number of nitrogens with zero attached hydrogens (tertiary/aromatic N) is 4. The summed E-state index contributed by atoms with van der Waals surface area (Å²) in [5.41, 5.74) is 1.44. The zero-order valence-electron chi connectivity index (χ0n) is 16.1. The fourth-order valence-electron chi connectivity index (χ4n) is 3.41. The zero-order chi connectivity index (χ0) is 19.8. The minimum atomic E-state index is -0.335. The predicted octanol–water partition coefficient (Wildman–Crippen LogP) is 3.45. The number of fused-ring (bicyclic) bond motifs is 1. The Bertz CT molecular complexity index is 1030. The Hall–Kier alpha value is -2.58. The lowest BCUT2D eigenvalue weighted by Crippen LogP contribution is -2.45. The van der Waals surface area contributed by atoms with Crippen LogP contribution in [0.3, 0.4) is 0 Å². The van der Waals surface area contributed by atoms with Gasteiger partial charge in [-0.25, -0.2) is 14.4 Å². The van der Waals surface area contributed by atoms with Crippen molar-refractivity contribution in [2.45, 2.75) is 13.8 Å². The number of aryl methyl sites for hydroxylation is 2. The molecule has 0 atom stereocenters. The Morgan fingerprint density at radius 1 is 1.11 bits per heavy atom. The number of thiophene rings is 1. The Balaban J connectivity index is 1.70. The number of rotatable bonds is 3. The van der Waals surface area contributed by atoms with E-state index in [0.29, 0.717) is 16.4 Å². The van der Waals surface area contributed by atoms with Crippen LogP contribution in [0.5, 0.6) is 0 Å². The summed E-state index contributed by atoms with van der Waals surface area (Å²) in [6.45, 7) is 7.57. The number of likely N-dealkylation sites (N-methyl/N-ethyl adjacent to an activating group) is 1. The number of hydrogen-bond acceptors (Lipinski definition) is 6. The topological polar surface area (TPSA) is 61.4 Å². The molecule has 4 rings (SSSR count). The van der Waals surface area contributed by atoms with E-state index in [-0.39, 0.29) is 11.7 Å². The lowest BCUT2D eigenvalue weighted by Gasteiger charge is -2.33. The third-order valence-corrected chi connectivity index (χ3v) is 6.18. The molecule has 0 aliphatic carbocycles. The zero-order valence-corrected chi connectivity index (χ0v) is 16.9. The average molecular weight is 399 g/mol. The van der Waals surface area contributed by atoms with Gasteiger partial charge in [0.1, 0.15) is 22.3 Å². The Morgan fingerprint density at radius 3 is 2.46 bits per heavy atom. The quantitative estimate of drug-likeness (QED) is 0.731. The first-order chi connectivity index (χ1) is 13.4. The molecule has 28 heavy (non-hydrogen) atoms. The fraction of sp³-hybridized carbons (Fsp3) is 0.350. The van der Waals surface area contributed by atoms with Crippen molar-refractivity contribution in [3.05, 3.63) is 46.3 Å². The summed E-state index contributed by atoms with van der Waals surface area (Å²) in [5, 5.41) is 3.79. The van der Waals surface area contributed by atoms with Crippen molar-refractivity contribution in [1.29, 1.82) is 0 Å². The normalized spacial score (nSPS) is 15.2. The lowest BCUT2D eigenvalue weighted by molar-refractivity contribution is 0.103. The Kier molecular flexibility index (Phi) is 4.99. The third-order valence-electron chi connectivity index (χ3n) is 4.99. The standard InChI is InChI=1S/C20H22FN5OS/c1-12-16-18(26-10-8-25(3)9-11-26)22-13(2)23-20(16)28-17(12)19(27)24-15-6-4-14(21)5-7-15/h4-7H,8-11H2,1-3H3,(H,24,27). The SMILES string of the molecule is Cc1nc(N2CCN(C)CC2)c2c(C)c(C(=O)Nc3ccc(F)cc3)sc2n1. The van der Waals surface area contributed by atoms with Crippen LogP contribution in [-0.4, -0.2) is 54.0 Å². The van der Waals surface area contributed by atoms with E-state index in [4.69, 9.17) is 4.98 Å². The number of amides is 1. The molecule has 3 heterocycles. The molecule has 1 N–H and O–H groups in total. The number of anilines is 2. The van der Waals surface area contributed by atoms with Gasteiger partial charge in [-0.05, 0) is 50.7 Å². The van der Waals surface area contributed by atoms with Gasteiger partial charge in [-0.3, -0.25) is 4.79 Å². The number of carbonyl (C=O) groups is 1. The second kappa shape index (κ2) is 7.44. The molecular weight excluding hydrogens is 377 g/mol.